The van der Waals surface area contributed by atoms with Crippen molar-refractivity contribution in [3.05, 3.63) is 35.9 Å². The summed E-state index contributed by atoms with van der Waals surface area (Å²) in [6, 6.07) is 6.36. The zero-order chi connectivity index (χ0) is 20.4. The van der Waals surface area contributed by atoms with Crippen LogP contribution in [0.15, 0.2) is 55.3 Å². The molecule has 1 N–H and O–H groups in total. The van der Waals surface area contributed by atoms with Crippen LogP contribution in [0.3, 0.4) is 0 Å². The van der Waals surface area contributed by atoms with Crippen LogP contribution < -0.4 is 4.74 Å². The van der Waals surface area contributed by atoms with Crippen molar-refractivity contribution >= 4 is 17.5 Å². The number of nitrogens with zero attached hydrogens (tertiary/aromatic N) is 5. The average Bonchev–Trinajstić information content (AvgIpc) is 3.46. The summed E-state index contributed by atoms with van der Waals surface area (Å²) in [5, 5.41) is 18.5. The van der Waals surface area contributed by atoms with Crippen LogP contribution in [0, 0.1) is 0 Å². The molecule has 0 amide bonds. The predicted octanol–water partition coefficient (Wildman–Crippen LogP) is 4.67. The highest BCUT2D eigenvalue weighted by atomic mass is 32.2. The van der Waals surface area contributed by atoms with Crippen molar-refractivity contribution < 1.29 is 22.3 Å². The maximum atomic E-state index is 13.1. The standard InChI is InChI=1S/C17H13F3N6O2S/c1-27-12-3-2-9(17(18,19)20)6-11(12)13-4-5-14(28-13)15-22-16(25-24-15)29-8-10-7-21-26-23-10/h2-6H,7-8H2,1H3,(H,22,24,25). The minimum atomic E-state index is -4.47. The molecule has 0 radical (unpaired) electrons. The van der Waals surface area contributed by atoms with Crippen molar-refractivity contribution in [2.75, 3.05) is 19.4 Å². The first-order valence-electron chi connectivity index (χ1n) is 8.27. The number of aromatic amines is 1. The second kappa shape index (κ2) is 7.70. The summed E-state index contributed by atoms with van der Waals surface area (Å²) in [5.74, 6) is 1.72. The molecule has 2 aromatic heterocycles. The molecule has 4 rings (SSSR count). The number of halogens is 3. The number of rotatable bonds is 6. The highest BCUT2D eigenvalue weighted by Crippen LogP contribution is 2.38. The van der Waals surface area contributed by atoms with Gasteiger partial charge in [-0.15, -0.1) is 10.2 Å². The lowest BCUT2D eigenvalue weighted by Gasteiger charge is -2.11. The van der Waals surface area contributed by atoms with Crippen LogP contribution in [0.25, 0.3) is 22.9 Å². The number of nitrogens with one attached hydrogen (secondary N) is 1. The van der Waals surface area contributed by atoms with Gasteiger partial charge in [-0.05, 0) is 35.6 Å². The fourth-order valence-electron chi connectivity index (χ4n) is 2.57. The lowest BCUT2D eigenvalue weighted by Crippen LogP contribution is -2.05. The van der Waals surface area contributed by atoms with Crippen LogP contribution in [0.4, 0.5) is 13.2 Å². The van der Waals surface area contributed by atoms with Crippen molar-refractivity contribution in [1.82, 2.24) is 15.2 Å². The average molecular weight is 422 g/mol. The van der Waals surface area contributed by atoms with E-state index >= 15 is 0 Å². The van der Waals surface area contributed by atoms with E-state index in [0.717, 1.165) is 17.8 Å². The van der Waals surface area contributed by atoms with Gasteiger partial charge in [0.15, 0.2) is 11.6 Å². The van der Waals surface area contributed by atoms with E-state index in [9.17, 15) is 13.2 Å². The Labute approximate surface area is 166 Å². The Balaban J connectivity index is 1.56. The number of aromatic nitrogens is 3. The van der Waals surface area contributed by atoms with E-state index in [1.54, 1.807) is 12.1 Å². The highest BCUT2D eigenvalue weighted by molar-refractivity contribution is 7.99. The molecule has 0 aliphatic carbocycles. The number of hydrogen-bond acceptors (Lipinski definition) is 8. The van der Waals surface area contributed by atoms with E-state index in [1.165, 1.54) is 24.9 Å². The first-order chi connectivity index (χ1) is 13.9. The third-order valence-electron chi connectivity index (χ3n) is 3.97. The molecule has 0 unspecified atom stereocenters. The number of H-pyrrole nitrogens is 1. The van der Waals surface area contributed by atoms with Crippen LogP contribution in [-0.4, -0.2) is 40.3 Å². The van der Waals surface area contributed by atoms with Gasteiger partial charge in [-0.1, -0.05) is 11.8 Å². The summed E-state index contributed by atoms with van der Waals surface area (Å²) in [7, 11) is 1.38. The fourth-order valence-corrected chi connectivity index (χ4v) is 3.28. The van der Waals surface area contributed by atoms with Gasteiger partial charge in [0.05, 0.1) is 23.9 Å². The zero-order valence-corrected chi connectivity index (χ0v) is 15.7. The molecule has 8 nitrogen and oxygen atoms in total. The quantitative estimate of drug-likeness (QED) is 0.582. The smallest absolute Gasteiger partial charge is 0.416 e. The summed E-state index contributed by atoms with van der Waals surface area (Å²) in [6.07, 6.45) is -4.47. The van der Waals surface area contributed by atoms with Crippen molar-refractivity contribution in [3.63, 3.8) is 0 Å². The van der Waals surface area contributed by atoms with Gasteiger partial charge in [0.2, 0.25) is 5.16 Å². The van der Waals surface area contributed by atoms with E-state index in [-0.39, 0.29) is 17.1 Å². The predicted molar refractivity (Wildman–Crippen MR) is 99.0 cm³/mol. The van der Waals surface area contributed by atoms with Gasteiger partial charge >= 0.3 is 6.18 Å². The summed E-state index contributed by atoms with van der Waals surface area (Å²) in [5.41, 5.74) is 0.214. The minimum absolute atomic E-state index is 0.189. The lowest BCUT2D eigenvalue weighted by atomic mass is 10.1. The first kappa shape index (κ1) is 19.2. The number of thioether (sulfide) groups is 1. The molecule has 29 heavy (non-hydrogen) atoms. The molecule has 0 atom stereocenters. The summed E-state index contributed by atoms with van der Waals surface area (Å²) in [4.78, 5) is 4.32. The van der Waals surface area contributed by atoms with Gasteiger partial charge in [-0.25, -0.2) is 0 Å². The van der Waals surface area contributed by atoms with Crippen molar-refractivity contribution in [2.45, 2.75) is 11.3 Å². The second-order valence-corrected chi connectivity index (χ2v) is 6.83. The summed E-state index contributed by atoms with van der Waals surface area (Å²) >= 11 is 1.36. The monoisotopic (exact) mass is 422 g/mol. The molecular weight excluding hydrogens is 409 g/mol. The Kier molecular flexibility index (Phi) is 5.09. The fraction of sp³-hybridized carbons (Fsp3) is 0.235. The van der Waals surface area contributed by atoms with E-state index < -0.39 is 11.7 Å². The topological polar surface area (TPSA) is 101 Å². The number of furan rings is 1. The Morgan fingerprint density at radius 2 is 2.03 bits per heavy atom. The van der Waals surface area contributed by atoms with Crippen LogP contribution in [0.2, 0.25) is 0 Å². The molecule has 12 heteroatoms. The van der Waals surface area contributed by atoms with Crippen molar-refractivity contribution in [1.29, 1.82) is 0 Å². The molecule has 0 bridgehead atoms. The second-order valence-electron chi connectivity index (χ2n) is 5.89. The molecule has 150 valence electrons. The van der Waals surface area contributed by atoms with E-state index in [4.69, 9.17) is 9.15 Å². The van der Waals surface area contributed by atoms with E-state index in [0.29, 0.717) is 29.0 Å². The molecule has 0 spiro atoms. The lowest BCUT2D eigenvalue weighted by molar-refractivity contribution is -0.137. The molecule has 3 aromatic rings. The van der Waals surface area contributed by atoms with Gasteiger partial charge < -0.3 is 9.15 Å². The van der Waals surface area contributed by atoms with E-state index in [2.05, 4.69) is 30.6 Å². The third kappa shape index (κ3) is 4.16. The Bertz CT molecular complexity index is 1090. The van der Waals surface area contributed by atoms with Gasteiger partial charge in [-0.2, -0.15) is 23.3 Å². The Morgan fingerprint density at radius 3 is 2.76 bits per heavy atom. The molecule has 0 fully saturated rings. The highest BCUT2D eigenvalue weighted by Gasteiger charge is 2.31. The van der Waals surface area contributed by atoms with Gasteiger partial charge in [0.1, 0.15) is 18.1 Å². The van der Waals surface area contributed by atoms with Crippen molar-refractivity contribution in [3.8, 4) is 28.7 Å². The zero-order valence-electron chi connectivity index (χ0n) is 14.9. The third-order valence-corrected chi connectivity index (χ3v) is 4.89. The first-order valence-corrected chi connectivity index (χ1v) is 9.26. The molecule has 3 heterocycles. The molecule has 0 saturated heterocycles. The normalized spacial score (nSPS) is 13.7. The Morgan fingerprint density at radius 1 is 1.21 bits per heavy atom. The molecule has 1 aliphatic heterocycles. The van der Waals surface area contributed by atoms with Gasteiger partial charge in [-0.3, -0.25) is 5.10 Å². The number of hydrogen-bond donors (Lipinski definition) is 1. The summed E-state index contributed by atoms with van der Waals surface area (Å²) < 4.78 is 50.1. The largest absolute Gasteiger partial charge is 0.496 e. The number of benzene rings is 1. The van der Waals surface area contributed by atoms with Gasteiger partial charge in [0, 0.05) is 5.75 Å². The molecule has 0 saturated carbocycles. The number of ether oxygens (including phenoxy) is 1. The maximum absolute atomic E-state index is 13.1. The number of methoxy groups -OCH3 is 1. The van der Waals surface area contributed by atoms with Crippen LogP contribution in [0.5, 0.6) is 5.75 Å². The Hall–Kier alpha value is -3.15. The summed E-state index contributed by atoms with van der Waals surface area (Å²) in [6.45, 7) is 0.463. The maximum Gasteiger partial charge on any atom is 0.416 e. The van der Waals surface area contributed by atoms with Crippen LogP contribution in [0.1, 0.15) is 5.56 Å². The molecule has 1 aromatic carbocycles. The van der Waals surface area contributed by atoms with Crippen LogP contribution in [-0.2, 0) is 6.18 Å². The molecule has 1 aliphatic rings. The van der Waals surface area contributed by atoms with E-state index in [1.807, 2.05) is 0 Å². The van der Waals surface area contributed by atoms with Gasteiger partial charge in [0.25, 0.3) is 0 Å². The van der Waals surface area contributed by atoms with Crippen molar-refractivity contribution in [2.24, 2.45) is 15.4 Å². The molecular formula is C17H13F3N6O2S. The van der Waals surface area contributed by atoms with Crippen LogP contribution >= 0.6 is 11.8 Å². The SMILES string of the molecule is COc1ccc(C(F)(F)F)cc1-c1ccc(-c2nc(SCC3=NN=NC3)n[nH]2)o1. The number of alkyl halides is 3. The minimum Gasteiger partial charge on any atom is -0.496 e.